The number of carbonyl (C=O) groups excluding carboxylic acids is 1. The lowest BCUT2D eigenvalue weighted by atomic mass is 9.90. The maximum atomic E-state index is 13.1. The summed E-state index contributed by atoms with van der Waals surface area (Å²) in [7, 11) is -2.31. The van der Waals surface area contributed by atoms with Crippen LogP contribution in [0.5, 0.6) is 0 Å². The zero-order chi connectivity index (χ0) is 21.2. The van der Waals surface area contributed by atoms with Gasteiger partial charge in [-0.05, 0) is 66.6 Å². The molecule has 0 aliphatic carbocycles. The largest absolute Gasteiger partial charge is 0.469 e. The van der Waals surface area contributed by atoms with Crippen molar-refractivity contribution in [3.8, 4) is 0 Å². The van der Waals surface area contributed by atoms with Crippen molar-refractivity contribution in [3.63, 3.8) is 0 Å². The van der Waals surface area contributed by atoms with Gasteiger partial charge in [0, 0.05) is 13.1 Å². The molecule has 0 bridgehead atoms. The zero-order valence-electron chi connectivity index (χ0n) is 16.3. The van der Waals surface area contributed by atoms with E-state index in [0.717, 1.165) is 11.1 Å². The van der Waals surface area contributed by atoms with Crippen molar-refractivity contribution < 1.29 is 17.9 Å². The van der Waals surface area contributed by atoms with Gasteiger partial charge in [-0.25, -0.2) is 8.42 Å². The second-order valence-corrected chi connectivity index (χ2v) is 9.95. The first-order valence-corrected chi connectivity index (χ1v) is 11.5. The Balaban J connectivity index is 1.75. The number of methoxy groups -OCH3 is 1. The van der Waals surface area contributed by atoms with Gasteiger partial charge in [0.15, 0.2) is 0 Å². The molecular weight excluding hydrogens is 433 g/mol. The van der Waals surface area contributed by atoms with E-state index in [1.54, 1.807) is 24.3 Å². The number of hydrogen-bond donors (Lipinski definition) is 0. The summed E-state index contributed by atoms with van der Waals surface area (Å²) in [6.45, 7) is 2.69. The van der Waals surface area contributed by atoms with Crippen LogP contribution in [0.25, 0.3) is 0 Å². The number of halogens is 2. The average Bonchev–Trinajstić information content (AvgIpc) is 2.71. The monoisotopic (exact) mass is 455 g/mol. The minimum Gasteiger partial charge on any atom is -0.469 e. The molecule has 2 aromatic carbocycles. The lowest BCUT2D eigenvalue weighted by Gasteiger charge is -2.31. The van der Waals surface area contributed by atoms with Gasteiger partial charge in [-0.1, -0.05) is 35.3 Å². The molecule has 0 radical (unpaired) electrons. The van der Waals surface area contributed by atoms with Crippen LogP contribution in [0.2, 0.25) is 10.0 Å². The van der Waals surface area contributed by atoms with E-state index in [4.69, 9.17) is 27.9 Å². The van der Waals surface area contributed by atoms with Crippen molar-refractivity contribution in [3.05, 3.63) is 63.1 Å². The topological polar surface area (TPSA) is 63.7 Å². The molecule has 1 heterocycles. The molecule has 0 spiro atoms. The van der Waals surface area contributed by atoms with E-state index in [9.17, 15) is 13.2 Å². The predicted molar refractivity (Wildman–Crippen MR) is 114 cm³/mol. The fourth-order valence-corrected chi connectivity index (χ4v) is 5.40. The maximum absolute atomic E-state index is 13.1. The number of benzene rings is 2. The quantitative estimate of drug-likeness (QED) is 0.618. The lowest BCUT2D eigenvalue weighted by molar-refractivity contribution is -0.139. The molecule has 8 heteroatoms. The second kappa shape index (κ2) is 9.04. The fourth-order valence-electron chi connectivity index (χ4n) is 3.57. The Morgan fingerprint density at radius 1 is 1.10 bits per heavy atom. The number of nitrogens with zero attached hydrogens (tertiary/aromatic N) is 1. The molecule has 1 fully saturated rings. The summed E-state index contributed by atoms with van der Waals surface area (Å²) in [5.41, 5.74) is 2.59. The van der Waals surface area contributed by atoms with Gasteiger partial charge in [-0.15, -0.1) is 0 Å². The highest BCUT2D eigenvalue weighted by atomic mass is 35.5. The highest BCUT2D eigenvalue weighted by Gasteiger charge is 2.30. The van der Waals surface area contributed by atoms with E-state index in [0.29, 0.717) is 41.5 Å². The fraction of sp³-hybridized carbons (Fsp3) is 0.381. The standard InChI is InChI=1S/C21H23Cl2NO4S/c1-14-3-5-18(11-17(14)13-21(25)28-2)29(26,27)24-9-7-15(8-10-24)16-4-6-19(22)20(23)12-16/h3-6,11-12,15H,7-10,13H2,1-2H3. The first kappa shape index (κ1) is 22.1. The Bertz CT molecular complexity index is 1020. The molecule has 156 valence electrons. The summed E-state index contributed by atoms with van der Waals surface area (Å²) in [5.74, 6) is -0.158. The van der Waals surface area contributed by atoms with E-state index < -0.39 is 16.0 Å². The molecule has 1 aliphatic heterocycles. The van der Waals surface area contributed by atoms with E-state index in [2.05, 4.69) is 0 Å². The van der Waals surface area contributed by atoms with Crippen LogP contribution in [0.3, 0.4) is 0 Å². The molecular formula is C21H23Cl2NO4S. The molecule has 0 unspecified atom stereocenters. The summed E-state index contributed by atoms with van der Waals surface area (Å²) in [4.78, 5) is 11.8. The van der Waals surface area contributed by atoms with Gasteiger partial charge in [-0.3, -0.25) is 4.79 Å². The molecule has 29 heavy (non-hydrogen) atoms. The summed E-state index contributed by atoms with van der Waals surface area (Å²) in [6, 6.07) is 10.5. The third-order valence-electron chi connectivity index (χ3n) is 5.39. The molecule has 0 saturated carbocycles. The van der Waals surface area contributed by atoms with Gasteiger partial charge < -0.3 is 4.74 Å². The number of aryl methyl sites for hydroxylation is 1. The molecule has 0 amide bonds. The molecule has 3 rings (SSSR count). The Morgan fingerprint density at radius 2 is 1.79 bits per heavy atom. The van der Waals surface area contributed by atoms with E-state index in [1.165, 1.54) is 11.4 Å². The molecule has 0 atom stereocenters. The number of piperidine rings is 1. The Hall–Kier alpha value is -1.60. The predicted octanol–water partition coefficient (Wildman–Crippen LogP) is 4.59. The number of carbonyl (C=O) groups is 1. The molecule has 0 aromatic heterocycles. The summed E-state index contributed by atoms with van der Waals surface area (Å²) in [5, 5.41) is 1.02. The Labute approximate surface area is 181 Å². The van der Waals surface area contributed by atoms with Gasteiger partial charge in [0.2, 0.25) is 10.0 Å². The number of esters is 1. The van der Waals surface area contributed by atoms with Crippen LogP contribution in [-0.2, 0) is 26.0 Å². The number of rotatable bonds is 5. The van der Waals surface area contributed by atoms with Crippen molar-refractivity contribution in [2.24, 2.45) is 0 Å². The maximum Gasteiger partial charge on any atom is 0.309 e. The van der Waals surface area contributed by atoms with Gasteiger partial charge in [0.05, 0.1) is 28.5 Å². The van der Waals surface area contributed by atoms with Crippen LogP contribution in [0.1, 0.15) is 35.4 Å². The van der Waals surface area contributed by atoms with Crippen LogP contribution in [0, 0.1) is 6.92 Å². The average molecular weight is 456 g/mol. The van der Waals surface area contributed by atoms with Gasteiger partial charge >= 0.3 is 5.97 Å². The molecule has 1 saturated heterocycles. The van der Waals surface area contributed by atoms with E-state index in [1.807, 2.05) is 19.1 Å². The summed E-state index contributed by atoms with van der Waals surface area (Å²) >= 11 is 12.1. The highest BCUT2D eigenvalue weighted by Crippen LogP contribution is 2.34. The van der Waals surface area contributed by atoms with Crippen molar-refractivity contribution in [1.29, 1.82) is 0 Å². The van der Waals surface area contributed by atoms with Crippen LogP contribution >= 0.6 is 23.2 Å². The first-order chi connectivity index (χ1) is 13.7. The van der Waals surface area contributed by atoms with Crippen molar-refractivity contribution >= 4 is 39.2 Å². The Kier molecular flexibility index (Phi) is 6.89. The van der Waals surface area contributed by atoms with Gasteiger partial charge in [0.1, 0.15) is 0 Å². The lowest BCUT2D eigenvalue weighted by Crippen LogP contribution is -2.38. The smallest absolute Gasteiger partial charge is 0.309 e. The van der Waals surface area contributed by atoms with Crippen molar-refractivity contribution in [2.75, 3.05) is 20.2 Å². The van der Waals surface area contributed by atoms with Crippen LogP contribution < -0.4 is 0 Å². The molecule has 1 aliphatic rings. The molecule has 2 aromatic rings. The highest BCUT2D eigenvalue weighted by molar-refractivity contribution is 7.89. The van der Waals surface area contributed by atoms with Gasteiger partial charge in [-0.2, -0.15) is 4.31 Å². The van der Waals surface area contributed by atoms with Crippen LogP contribution in [0.15, 0.2) is 41.3 Å². The van der Waals surface area contributed by atoms with E-state index >= 15 is 0 Å². The summed E-state index contributed by atoms with van der Waals surface area (Å²) < 4.78 is 32.5. The molecule has 0 N–H and O–H groups in total. The number of hydrogen-bond acceptors (Lipinski definition) is 4. The number of ether oxygens (including phenoxy) is 1. The van der Waals surface area contributed by atoms with E-state index in [-0.39, 0.29) is 17.2 Å². The Morgan fingerprint density at radius 3 is 2.41 bits per heavy atom. The number of sulfonamides is 1. The minimum atomic E-state index is -3.63. The molecule has 5 nitrogen and oxygen atoms in total. The third kappa shape index (κ3) is 4.94. The van der Waals surface area contributed by atoms with Gasteiger partial charge in [0.25, 0.3) is 0 Å². The zero-order valence-corrected chi connectivity index (χ0v) is 18.6. The normalized spacial score (nSPS) is 16.0. The third-order valence-corrected chi connectivity index (χ3v) is 8.02. The summed E-state index contributed by atoms with van der Waals surface area (Å²) in [6.07, 6.45) is 1.46. The van der Waals surface area contributed by atoms with Crippen molar-refractivity contribution in [1.82, 2.24) is 4.31 Å². The van der Waals surface area contributed by atoms with Crippen LogP contribution in [0.4, 0.5) is 0 Å². The first-order valence-electron chi connectivity index (χ1n) is 9.34. The SMILES string of the molecule is COC(=O)Cc1cc(S(=O)(=O)N2CCC(c3ccc(Cl)c(Cl)c3)CC2)ccc1C. The van der Waals surface area contributed by atoms with Crippen LogP contribution in [-0.4, -0.2) is 38.9 Å². The minimum absolute atomic E-state index is 0.0467. The second-order valence-electron chi connectivity index (χ2n) is 7.19. The van der Waals surface area contributed by atoms with Crippen molar-refractivity contribution in [2.45, 2.75) is 37.0 Å².